The van der Waals surface area contributed by atoms with Gasteiger partial charge in [0.15, 0.2) is 10.5 Å². The number of fused-ring (bicyclic) bond motifs is 1. The van der Waals surface area contributed by atoms with Crippen molar-refractivity contribution < 1.29 is 4.79 Å². The van der Waals surface area contributed by atoms with Gasteiger partial charge in [0, 0.05) is 13.2 Å². The van der Waals surface area contributed by atoms with Gasteiger partial charge in [-0.05, 0) is 46.9 Å². The summed E-state index contributed by atoms with van der Waals surface area (Å²) in [5, 5.41) is 4.50. The minimum atomic E-state index is -0.498. The van der Waals surface area contributed by atoms with Crippen LogP contribution in [0.4, 0.5) is 0 Å². The summed E-state index contributed by atoms with van der Waals surface area (Å²) in [5.41, 5.74) is 2.95. The largest absolute Gasteiger partial charge is 0.330 e. The van der Waals surface area contributed by atoms with Gasteiger partial charge in [-0.2, -0.15) is 9.77 Å². The summed E-state index contributed by atoms with van der Waals surface area (Å²) in [7, 11) is 1.72. The predicted molar refractivity (Wildman–Crippen MR) is 93.0 cm³/mol. The Bertz CT molecular complexity index is 1000. The highest BCUT2D eigenvalue weighted by Crippen LogP contribution is 2.10. The molecule has 0 saturated heterocycles. The Morgan fingerprint density at radius 2 is 2.14 bits per heavy atom. The molecule has 2 aromatic heterocycles. The number of nitrogens with one attached hydrogen (secondary N) is 2. The van der Waals surface area contributed by atoms with E-state index in [0.29, 0.717) is 14.5 Å². The molecule has 0 aliphatic heterocycles. The third kappa shape index (κ3) is 2.57. The Balaban J connectivity index is 2.08. The third-order valence-electron chi connectivity index (χ3n) is 3.02. The number of aryl methyl sites for hydroxylation is 1. The van der Waals surface area contributed by atoms with E-state index >= 15 is 0 Å². The third-order valence-corrected chi connectivity index (χ3v) is 4.09. The van der Waals surface area contributed by atoms with Crippen LogP contribution in [0, 0.1) is 8.34 Å². The SMILES string of the molecule is Cn1cc(I)c(C(=O)Nn2c(=S)[nH]c3ccccc3c2=O)n1. The minimum Gasteiger partial charge on any atom is -0.330 e. The van der Waals surface area contributed by atoms with Gasteiger partial charge in [-0.1, -0.05) is 12.1 Å². The molecule has 0 bridgehead atoms. The van der Waals surface area contributed by atoms with Crippen LogP contribution in [0.15, 0.2) is 35.3 Å². The molecule has 0 atom stereocenters. The van der Waals surface area contributed by atoms with Crippen molar-refractivity contribution in [3.05, 3.63) is 54.9 Å². The highest BCUT2D eigenvalue weighted by Gasteiger charge is 2.16. The molecule has 1 aromatic carbocycles. The molecule has 9 heteroatoms. The molecule has 2 heterocycles. The molecule has 0 spiro atoms. The van der Waals surface area contributed by atoms with E-state index in [1.54, 1.807) is 37.5 Å². The Morgan fingerprint density at radius 1 is 1.41 bits per heavy atom. The number of amides is 1. The van der Waals surface area contributed by atoms with E-state index in [1.807, 2.05) is 22.6 Å². The maximum Gasteiger partial charge on any atom is 0.291 e. The van der Waals surface area contributed by atoms with Crippen molar-refractivity contribution in [3.63, 3.8) is 0 Å². The lowest BCUT2D eigenvalue weighted by Crippen LogP contribution is -2.34. The number of benzene rings is 1. The highest BCUT2D eigenvalue weighted by atomic mass is 127. The minimum absolute atomic E-state index is 0.114. The summed E-state index contributed by atoms with van der Waals surface area (Å²) in [5.74, 6) is -0.498. The van der Waals surface area contributed by atoms with Crippen molar-refractivity contribution in [3.8, 4) is 0 Å². The normalized spacial score (nSPS) is 10.8. The summed E-state index contributed by atoms with van der Waals surface area (Å²) in [6, 6.07) is 6.96. The second kappa shape index (κ2) is 5.65. The Hall–Kier alpha value is -2.01. The molecular formula is C13H10IN5O2S. The van der Waals surface area contributed by atoms with Crippen molar-refractivity contribution in [2.75, 3.05) is 5.43 Å². The summed E-state index contributed by atoms with van der Waals surface area (Å²) in [4.78, 5) is 27.6. The van der Waals surface area contributed by atoms with Gasteiger partial charge < -0.3 is 4.98 Å². The van der Waals surface area contributed by atoms with Gasteiger partial charge in [0.2, 0.25) is 0 Å². The van der Waals surface area contributed by atoms with Gasteiger partial charge in [0.25, 0.3) is 11.5 Å². The topological polar surface area (TPSA) is 84.7 Å². The maximum absolute atomic E-state index is 12.4. The highest BCUT2D eigenvalue weighted by molar-refractivity contribution is 14.1. The van der Waals surface area contributed by atoms with Crippen molar-refractivity contribution in [1.29, 1.82) is 0 Å². The lowest BCUT2D eigenvalue weighted by atomic mass is 10.2. The van der Waals surface area contributed by atoms with E-state index in [9.17, 15) is 9.59 Å². The second-order valence-electron chi connectivity index (χ2n) is 4.56. The zero-order valence-corrected chi connectivity index (χ0v) is 14.3. The van der Waals surface area contributed by atoms with Crippen molar-refractivity contribution in [2.45, 2.75) is 0 Å². The number of hydrogen-bond acceptors (Lipinski definition) is 4. The molecule has 0 fully saturated rings. The average molecular weight is 427 g/mol. The van der Waals surface area contributed by atoms with Crippen LogP contribution in [0.5, 0.6) is 0 Å². The van der Waals surface area contributed by atoms with Crippen LogP contribution in [0.25, 0.3) is 10.9 Å². The van der Waals surface area contributed by atoms with E-state index in [2.05, 4.69) is 15.5 Å². The smallest absolute Gasteiger partial charge is 0.291 e. The Labute approximate surface area is 143 Å². The first-order valence-corrected chi connectivity index (χ1v) is 7.70. The first-order chi connectivity index (χ1) is 10.5. The molecule has 112 valence electrons. The Kier molecular flexibility index (Phi) is 3.83. The summed E-state index contributed by atoms with van der Waals surface area (Å²) < 4.78 is 3.34. The van der Waals surface area contributed by atoms with Crippen LogP contribution in [-0.2, 0) is 7.05 Å². The van der Waals surface area contributed by atoms with Crippen LogP contribution in [0.2, 0.25) is 0 Å². The maximum atomic E-state index is 12.4. The molecule has 0 unspecified atom stereocenters. The van der Waals surface area contributed by atoms with Crippen LogP contribution < -0.4 is 11.0 Å². The number of carbonyl (C=O) groups is 1. The van der Waals surface area contributed by atoms with Crippen LogP contribution in [-0.4, -0.2) is 25.3 Å². The van der Waals surface area contributed by atoms with Gasteiger partial charge in [-0.3, -0.25) is 19.7 Å². The summed E-state index contributed by atoms with van der Waals surface area (Å²) >= 11 is 7.14. The number of para-hydroxylation sites is 1. The number of aromatic nitrogens is 4. The zero-order chi connectivity index (χ0) is 15.9. The van der Waals surface area contributed by atoms with Gasteiger partial charge >= 0.3 is 0 Å². The van der Waals surface area contributed by atoms with Gasteiger partial charge in [0.1, 0.15) is 0 Å². The number of hydrogen-bond donors (Lipinski definition) is 2. The molecule has 3 aromatic rings. The number of nitrogens with zero attached hydrogens (tertiary/aromatic N) is 3. The fourth-order valence-corrected chi connectivity index (χ4v) is 3.03. The van der Waals surface area contributed by atoms with E-state index < -0.39 is 11.5 Å². The fraction of sp³-hybridized carbons (Fsp3) is 0.0769. The lowest BCUT2D eigenvalue weighted by Gasteiger charge is -2.08. The molecule has 0 saturated carbocycles. The second-order valence-corrected chi connectivity index (χ2v) is 6.11. The van der Waals surface area contributed by atoms with Gasteiger partial charge in [-0.25, -0.2) is 0 Å². The zero-order valence-electron chi connectivity index (χ0n) is 11.3. The number of carbonyl (C=O) groups excluding carboxylic acids is 1. The predicted octanol–water partition coefficient (Wildman–Crippen LogP) is 1.78. The van der Waals surface area contributed by atoms with Crippen molar-refractivity contribution in [2.24, 2.45) is 7.05 Å². The first-order valence-electron chi connectivity index (χ1n) is 6.22. The van der Waals surface area contributed by atoms with E-state index in [-0.39, 0.29) is 10.5 Å². The van der Waals surface area contributed by atoms with Crippen molar-refractivity contribution in [1.82, 2.24) is 19.4 Å². The average Bonchev–Trinajstić information content (AvgIpc) is 2.82. The first kappa shape index (κ1) is 14.9. The van der Waals surface area contributed by atoms with E-state index in [4.69, 9.17) is 12.2 Å². The molecule has 3 rings (SSSR count). The molecule has 1 amide bonds. The van der Waals surface area contributed by atoms with Gasteiger partial charge in [-0.15, -0.1) is 0 Å². The molecule has 7 nitrogen and oxygen atoms in total. The summed E-state index contributed by atoms with van der Waals surface area (Å²) in [6.45, 7) is 0. The van der Waals surface area contributed by atoms with E-state index in [0.717, 1.165) is 4.68 Å². The molecule has 0 aliphatic rings. The molecule has 0 radical (unpaired) electrons. The quantitative estimate of drug-likeness (QED) is 0.483. The van der Waals surface area contributed by atoms with Crippen molar-refractivity contribution >= 4 is 51.6 Å². The van der Waals surface area contributed by atoms with Crippen LogP contribution >= 0.6 is 34.8 Å². The standard InChI is InChI=1S/C13H10IN5O2S/c1-18-6-8(14)10(16-18)11(20)17-19-12(21)7-4-2-3-5-9(7)15-13(19)22/h2-6H,1H3,(H,15,22)(H,17,20). The molecule has 0 aliphatic carbocycles. The fourth-order valence-electron chi connectivity index (χ4n) is 2.03. The van der Waals surface area contributed by atoms with Crippen LogP contribution in [0.1, 0.15) is 10.5 Å². The number of halogens is 1. The summed E-state index contributed by atoms with van der Waals surface area (Å²) in [6.07, 6.45) is 1.71. The van der Waals surface area contributed by atoms with Crippen LogP contribution in [0.3, 0.4) is 0 Å². The molecule has 22 heavy (non-hydrogen) atoms. The molecule has 2 N–H and O–H groups in total. The molecular weight excluding hydrogens is 417 g/mol. The van der Waals surface area contributed by atoms with Gasteiger partial charge in [0.05, 0.1) is 14.5 Å². The number of aromatic amines is 1. The lowest BCUT2D eigenvalue weighted by molar-refractivity contribution is 0.100. The number of H-pyrrole nitrogens is 1. The van der Waals surface area contributed by atoms with E-state index in [1.165, 1.54) is 4.68 Å². The Morgan fingerprint density at radius 3 is 2.82 bits per heavy atom. The number of rotatable bonds is 2. The monoisotopic (exact) mass is 427 g/mol.